The summed E-state index contributed by atoms with van der Waals surface area (Å²) in [5.74, 6) is 0. The second kappa shape index (κ2) is 4.22. The van der Waals surface area contributed by atoms with Crippen molar-refractivity contribution in [1.82, 2.24) is 13.7 Å². The van der Waals surface area contributed by atoms with E-state index in [9.17, 15) is 0 Å². The van der Waals surface area contributed by atoms with E-state index < -0.39 is 0 Å². The Hall–Kier alpha value is -1.81. The van der Waals surface area contributed by atoms with Gasteiger partial charge in [-0.1, -0.05) is 23.7 Å². The number of aryl methyl sites for hydroxylation is 1. The number of hydrogen-bond acceptors (Lipinski definition) is 2. The van der Waals surface area contributed by atoms with Crippen molar-refractivity contribution in [3.63, 3.8) is 0 Å². The summed E-state index contributed by atoms with van der Waals surface area (Å²) in [5.41, 5.74) is 2.44. The van der Waals surface area contributed by atoms with Crippen molar-refractivity contribution in [2.75, 3.05) is 0 Å². The summed E-state index contributed by atoms with van der Waals surface area (Å²) in [5, 5.41) is 4.21. The smallest absolute Gasteiger partial charge is 0.0645 e. The Bertz CT molecular complexity index is 575. The number of nitrogens with zero attached hydrogens (tertiary/aromatic N) is 3. The summed E-state index contributed by atoms with van der Waals surface area (Å²) in [6.45, 7) is 0. The van der Waals surface area contributed by atoms with E-state index >= 15 is 0 Å². The van der Waals surface area contributed by atoms with Crippen LogP contribution in [0.2, 0.25) is 0 Å². The fourth-order valence-electron chi connectivity index (χ4n) is 1.86. The largest absolute Gasteiger partial charge is 0.307 e. The van der Waals surface area contributed by atoms with Crippen molar-refractivity contribution in [1.29, 1.82) is 0 Å². The van der Waals surface area contributed by atoms with Crippen molar-refractivity contribution >= 4 is 11.5 Å². The van der Waals surface area contributed by atoms with Gasteiger partial charge in [-0.05, 0) is 23.8 Å². The minimum Gasteiger partial charge on any atom is -0.307 e. The fraction of sp³-hybridized carbons (Fsp3) is 0.154. The van der Waals surface area contributed by atoms with Gasteiger partial charge in [0.15, 0.2) is 0 Å². The summed E-state index contributed by atoms with van der Waals surface area (Å²) in [7, 11) is 2.06. The maximum absolute atomic E-state index is 4.21. The molecule has 17 heavy (non-hydrogen) atoms. The van der Waals surface area contributed by atoms with E-state index in [1.807, 2.05) is 16.9 Å². The molecule has 4 heteroatoms. The average Bonchev–Trinajstić information content (AvgIpc) is 2.81. The lowest BCUT2D eigenvalue weighted by Gasteiger charge is -2.09. The molecule has 0 spiro atoms. The molecule has 0 N–H and O–H groups in total. The van der Waals surface area contributed by atoms with Gasteiger partial charge in [-0.25, -0.2) is 4.68 Å². The Balaban J connectivity index is 1.77. The predicted molar refractivity (Wildman–Crippen MR) is 69.7 cm³/mol. The molecule has 2 aromatic heterocycles. The molecule has 86 valence electrons. The summed E-state index contributed by atoms with van der Waals surface area (Å²) >= 11 is 1.80. The topological polar surface area (TPSA) is 22.8 Å². The van der Waals surface area contributed by atoms with E-state index in [2.05, 4.69) is 46.6 Å². The van der Waals surface area contributed by atoms with Crippen LogP contribution in [0.5, 0.6) is 0 Å². The molecule has 1 aromatic carbocycles. The second-order valence-corrected chi connectivity index (χ2v) is 5.31. The first-order valence-corrected chi connectivity index (χ1v) is 6.29. The molecule has 0 saturated carbocycles. The molecular weight excluding hydrogens is 230 g/mol. The average molecular weight is 243 g/mol. The molecule has 0 fully saturated rings. The van der Waals surface area contributed by atoms with E-state index in [0.29, 0.717) is 0 Å². The Kier molecular flexibility index (Phi) is 2.57. The first kappa shape index (κ1) is 10.4. The zero-order valence-electron chi connectivity index (χ0n) is 9.58. The second-order valence-electron chi connectivity index (χ2n) is 4.03. The molecule has 0 aliphatic carbocycles. The minimum atomic E-state index is 1.02. The molecule has 0 aliphatic heterocycles. The SMILES string of the molecule is Cn1cc(Cc2ccc(-n3cccn3)cc2)s1. The Labute approximate surface area is 104 Å². The van der Waals surface area contributed by atoms with Gasteiger partial charge in [-0.3, -0.25) is 0 Å². The third-order valence-electron chi connectivity index (χ3n) is 2.67. The lowest BCUT2D eigenvalue weighted by atomic mass is 10.1. The van der Waals surface area contributed by atoms with Crippen molar-refractivity contribution in [2.45, 2.75) is 6.42 Å². The zero-order chi connectivity index (χ0) is 11.7. The molecule has 0 aliphatic rings. The van der Waals surface area contributed by atoms with Crippen LogP contribution in [0, 0.1) is 0 Å². The summed E-state index contributed by atoms with van der Waals surface area (Å²) < 4.78 is 3.99. The van der Waals surface area contributed by atoms with E-state index in [0.717, 1.165) is 12.1 Å². The van der Waals surface area contributed by atoms with E-state index in [-0.39, 0.29) is 0 Å². The molecule has 0 radical (unpaired) electrons. The number of benzene rings is 1. The van der Waals surface area contributed by atoms with Gasteiger partial charge < -0.3 is 3.96 Å². The first-order chi connectivity index (χ1) is 8.31. The quantitative estimate of drug-likeness (QED) is 0.693. The third kappa shape index (κ3) is 2.17. The molecule has 0 unspecified atom stereocenters. The van der Waals surface area contributed by atoms with E-state index in [4.69, 9.17) is 0 Å². The van der Waals surface area contributed by atoms with Gasteiger partial charge in [0.25, 0.3) is 0 Å². The summed E-state index contributed by atoms with van der Waals surface area (Å²) in [6, 6.07) is 10.5. The Morgan fingerprint density at radius 2 is 2.00 bits per heavy atom. The van der Waals surface area contributed by atoms with Crippen LogP contribution >= 0.6 is 11.5 Å². The molecule has 3 nitrogen and oxygen atoms in total. The summed E-state index contributed by atoms with van der Waals surface area (Å²) in [4.78, 5) is 1.42. The maximum atomic E-state index is 4.21. The Morgan fingerprint density at radius 1 is 1.24 bits per heavy atom. The van der Waals surface area contributed by atoms with Gasteiger partial charge >= 0.3 is 0 Å². The highest BCUT2D eigenvalue weighted by atomic mass is 32.1. The van der Waals surface area contributed by atoms with Crippen LogP contribution in [0.4, 0.5) is 0 Å². The van der Waals surface area contributed by atoms with Gasteiger partial charge in [0.1, 0.15) is 0 Å². The number of hydrogen-bond donors (Lipinski definition) is 0. The van der Waals surface area contributed by atoms with Crippen LogP contribution in [0.1, 0.15) is 10.4 Å². The van der Waals surface area contributed by atoms with Crippen LogP contribution in [0.25, 0.3) is 5.69 Å². The van der Waals surface area contributed by atoms with Crippen LogP contribution in [0.15, 0.2) is 48.9 Å². The van der Waals surface area contributed by atoms with Gasteiger partial charge in [0.2, 0.25) is 0 Å². The third-order valence-corrected chi connectivity index (χ3v) is 3.55. The molecule has 3 aromatic rings. The number of aromatic nitrogens is 3. The van der Waals surface area contributed by atoms with Gasteiger partial charge in [0, 0.05) is 36.9 Å². The van der Waals surface area contributed by atoms with Crippen LogP contribution in [-0.2, 0) is 13.5 Å². The van der Waals surface area contributed by atoms with Crippen molar-refractivity contribution in [3.8, 4) is 5.69 Å². The Morgan fingerprint density at radius 3 is 2.59 bits per heavy atom. The predicted octanol–water partition coefficient (Wildman–Crippen LogP) is 2.86. The summed E-state index contributed by atoms with van der Waals surface area (Å²) in [6.07, 6.45) is 6.94. The molecule has 0 amide bonds. The lowest BCUT2D eigenvalue weighted by Crippen LogP contribution is -1.98. The standard InChI is InChI=1S/C13H13N3S/c1-15-10-13(17-15)9-11-3-5-12(6-4-11)16-8-2-7-14-16/h2-8,10H,9H2,1H3. The van der Waals surface area contributed by atoms with Crippen molar-refractivity contribution in [2.24, 2.45) is 7.05 Å². The molecule has 0 atom stereocenters. The normalized spacial score (nSPS) is 10.9. The van der Waals surface area contributed by atoms with Gasteiger partial charge in [-0.15, -0.1) is 0 Å². The highest BCUT2D eigenvalue weighted by Gasteiger charge is 2.02. The van der Waals surface area contributed by atoms with Crippen LogP contribution in [-0.4, -0.2) is 13.7 Å². The zero-order valence-corrected chi connectivity index (χ0v) is 10.4. The van der Waals surface area contributed by atoms with Crippen molar-refractivity contribution in [3.05, 3.63) is 59.4 Å². The molecular formula is C13H13N3S. The van der Waals surface area contributed by atoms with Crippen LogP contribution < -0.4 is 0 Å². The highest BCUT2D eigenvalue weighted by Crippen LogP contribution is 2.17. The van der Waals surface area contributed by atoms with E-state index in [1.165, 1.54) is 10.4 Å². The van der Waals surface area contributed by atoms with Gasteiger partial charge in [0.05, 0.1) is 5.69 Å². The number of rotatable bonds is 3. The molecule has 0 bridgehead atoms. The van der Waals surface area contributed by atoms with Crippen LogP contribution in [0.3, 0.4) is 0 Å². The fourth-order valence-corrected chi connectivity index (χ4v) is 2.68. The lowest BCUT2D eigenvalue weighted by molar-refractivity contribution is 0.879. The highest BCUT2D eigenvalue weighted by molar-refractivity contribution is 7.07. The monoisotopic (exact) mass is 243 g/mol. The van der Waals surface area contributed by atoms with Crippen molar-refractivity contribution < 1.29 is 0 Å². The molecule has 3 rings (SSSR count). The molecule has 2 heterocycles. The molecule has 0 saturated heterocycles. The van der Waals surface area contributed by atoms with Gasteiger partial charge in [-0.2, -0.15) is 5.10 Å². The minimum absolute atomic E-state index is 1.02. The van der Waals surface area contributed by atoms with E-state index in [1.54, 1.807) is 17.7 Å². The first-order valence-electron chi connectivity index (χ1n) is 5.52. The maximum Gasteiger partial charge on any atom is 0.0645 e.